The number of aryl methyl sites for hydroxylation is 2. The molecule has 0 unspecified atom stereocenters. The fourth-order valence-corrected chi connectivity index (χ4v) is 5.64. The Bertz CT molecular complexity index is 1130. The molecule has 4 heterocycles. The Balaban J connectivity index is 1.30. The number of hydrogen-bond acceptors (Lipinski definition) is 5. The average molecular weight is 409 g/mol. The predicted molar refractivity (Wildman–Crippen MR) is 117 cm³/mol. The largest absolute Gasteiger partial charge is 0.367 e. The van der Waals surface area contributed by atoms with Crippen molar-refractivity contribution in [3.8, 4) is 0 Å². The van der Waals surface area contributed by atoms with Crippen molar-refractivity contribution in [3.05, 3.63) is 62.8 Å². The summed E-state index contributed by atoms with van der Waals surface area (Å²) in [5.41, 5.74) is 4.39. The Kier molecular flexibility index (Phi) is 4.21. The second-order valence-electron chi connectivity index (χ2n) is 7.08. The highest BCUT2D eigenvalue weighted by Gasteiger charge is 2.18. The molecule has 0 bridgehead atoms. The van der Waals surface area contributed by atoms with E-state index in [1.807, 2.05) is 48.2 Å². The van der Waals surface area contributed by atoms with E-state index < -0.39 is 0 Å². The number of thiophene rings is 2. The maximum Gasteiger partial charge on any atom is 0.265 e. The summed E-state index contributed by atoms with van der Waals surface area (Å²) in [6.07, 6.45) is 1.10. The van der Waals surface area contributed by atoms with E-state index in [4.69, 9.17) is 0 Å². The van der Waals surface area contributed by atoms with Crippen molar-refractivity contribution in [2.45, 2.75) is 19.9 Å². The number of hydrogen-bond donors (Lipinski definition) is 1. The van der Waals surface area contributed by atoms with Gasteiger partial charge in [0.25, 0.3) is 5.91 Å². The summed E-state index contributed by atoms with van der Waals surface area (Å²) < 4.78 is 1.83. The first-order chi connectivity index (χ1) is 13.6. The molecule has 1 aliphatic rings. The molecule has 1 amide bonds. The van der Waals surface area contributed by atoms with Crippen LogP contribution in [-0.2, 0) is 20.0 Å². The van der Waals surface area contributed by atoms with Crippen LogP contribution in [0, 0.1) is 6.92 Å². The number of benzene rings is 1. The second-order valence-corrected chi connectivity index (χ2v) is 9.11. The molecule has 5 rings (SSSR count). The van der Waals surface area contributed by atoms with Crippen molar-refractivity contribution < 1.29 is 4.79 Å². The Hall–Kier alpha value is -2.64. The normalized spacial score (nSPS) is 13.7. The van der Waals surface area contributed by atoms with Gasteiger partial charge in [-0.1, -0.05) is 0 Å². The van der Waals surface area contributed by atoms with Crippen LogP contribution in [0.1, 0.15) is 25.8 Å². The first-order valence-electron chi connectivity index (χ1n) is 9.23. The second kappa shape index (κ2) is 6.76. The minimum absolute atomic E-state index is 0.0748. The third-order valence-electron chi connectivity index (χ3n) is 5.22. The molecular weight excluding hydrogens is 388 g/mol. The van der Waals surface area contributed by atoms with Gasteiger partial charge in [0.1, 0.15) is 4.83 Å². The molecule has 4 aromatic rings. The van der Waals surface area contributed by atoms with Crippen molar-refractivity contribution in [2.24, 2.45) is 7.05 Å². The first kappa shape index (κ1) is 17.5. The molecule has 1 aliphatic heterocycles. The van der Waals surface area contributed by atoms with Gasteiger partial charge >= 0.3 is 0 Å². The zero-order chi connectivity index (χ0) is 19.3. The van der Waals surface area contributed by atoms with Crippen LogP contribution in [0.5, 0.6) is 0 Å². The van der Waals surface area contributed by atoms with Gasteiger partial charge in [0.15, 0.2) is 0 Å². The molecule has 0 spiro atoms. The van der Waals surface area contributed by atoms with E-state index in [1.165, 1.54) is 27.5 Å². The summed E-state index contributed by atoms with van der Waals surface area (Å²) in [5.74, 6) is -0.0748. The highest BCUT2D eigenvalue weighted by molar-refractivity contribution is 7.20. The van der Waals surface area contributed by atoms with Crippen LogP contribution in [0.25, 0.3) is 10.2 Å². The number of fused-ring (bicyclic) bond motifs is 2. The number of anilines is 2. The SMILES string of the molecule is Cc1nn(C)c2sc(C(=O)Nc3ccc(N4CCc5sccc5C4)cc3)cc12. The summed E-state index contributed by atoms with van der Waals surface area (Å²) in [6.45, 7) is 3.96. The number of carbonyl (C=O) groups is 1. The Morgan fingerprint density at radius 3 is 2.82 bits per heavy atom. The van der Waals surface area contributed by atoms with Crippen molar-refractivity contribution in [1.82, 2.24) is 9.78 Å². The van der Waals surface area contributed by atoms with E-state index in [9.17, 15) is 4.79 Å². The third kappa shape index (κ3) is 3.00. The van der Waals surface area contributed by atoms with Crippen molar-refractivity contribution in [1.29, 1.82) is 0 Å². The van der Waals surface area contributed by atoms with Gasteiger partial charge in [-0.3, -0.25) is 9.48 Å². The molecule has 0 fully saturated rings. The number of carbonyl (C=O) groups excluding carboxylic acids is 1. The van der Waals surface area contributed by atoms with Crippen LogP contribution in [-0.4, -0.2) is 22.2 Å². The predicted octanol–water partition coefficient (Wildman–Crippen LogP) is 4.82. The maximum atomic E-state index is 12.7. The smallest absolute Gasteiger partial charge is 0.265 e. The van der Waals surface area contributed by atoms with Gasteiger partial charge in [-0.05, 0) is 60.7 Å². The van der Waals surface area contributed by atoms with E-state index in [1.54, 1.807) is 0 Å². The average Bonchev–Trinajstić information content (AvgIpc) is 3.40. The fraction of sp³-hybridized carbons (Fsp3) is 0.238. The van der Waals surface area contributed by atoms with Gasteiger partial charge in [-0.25, -0.2) is 0 Å². The lowest BCUT2D eigenvalue weighted by atomic mass is 10.1. The van der Waals surface area contributed by atoms with Crippen LogP contribution in [0.2, 0.25) is 0 Å². The monoisotopic (exact) mass is 408 g/mol. The lowest BCUT2D eigenvalue weighted by molar-refractivity contribution is 0.103. The van der Waals surface area contributed by atoms with Gasteiger partial charge in [0, 0.05) is 41.8 Å². The Morgan fingerprint density at radius 2 is 2.04 bits per heavy atom. The summed E-state index contributed by atoms with van der Waals surface area (Å²) >= 11 is 3.33. The van der Waals surface area contributed by atoms with Crippen molar-refractivity contribution >= 4 is 50.2 Å². The number of amides is 1. The van der Waals surface area contributed by atoms with E-state index >= 15 is 0 Å². The standard InChI is InChI=1S/C21H20N4OS2/c1-13-17-11-19(28-21(17)24(2)23-13)20(26)22-15-3-5-16(6-4-15)25-9-7-18-14(12-25)8-10-27-18/h3-6,8,10-11H,7,9,12H2,1-2H3,(H,22,26). The van der Waals surface area contributed by atoms with Gasteiger partial charge in [-0.2, -0.15) is 5.10 Å². The van der Waals surface area contributed by atoms with Gasteiger partial charge in [-0.15, -0.1) is 22.7 Å². The van der Waals surface area contributed by atoms with Gasteiger partial charge in [0.05, 0.1) is 10.6 Å². The molecule has 0 atom stereocenters. The molecule has 7 heteroatoms. The summed E-state index contributed by atoms with van der Waals surface area (Å²) in [5, 5.41) is 10.6. The summed E-state index contributed by atoms with van der Waals surface area (Å²) in [4.78, 5) is 18.3. The highest BCUT2D eigenvalue weighted by atomic mass is 32.1. The number of nitrogens with one attached hydrogen (secondary N) is 1. The van der Waals surface area contributed by atoms with Crippen LogP contribution in [0.3, 0.4) is 0 Å². The lowest BCUT2D eigenvalue weighted by Gasteiger charge is -2.29. The third-order valence-corrected chi connectivity index (χ3v) is 7.44. The maximum absolute atomic E-state index is 12.7. The molecule has 0 saturated heterocycles. The van der Waals surface area contributed by atoms with Crippen LogP contribution >= 0.6 is 22.7 Å². The van der Waals surface area contributed by atoms with Crippen LogP contribution in [0.4, 0.5) is 11.4 Å². The minimum atomic E-state index is -0.0748. The molecule has 1 aromatic carbocycles. The molecule has 0 aliphatic carbocycles. The molecule has 28 heavy (non-hydrogen) atoms. The summed E-state index contributed by atoms with van der Waals surface area (Å²) in [6, 6.07) is 12.3. The topological polar surface area (TPSA) is 50.2 Å². The van der Waals surface area contributed by atoms with Crippen LogP contribution < -0.4 is 10.2 Å². The van der Waals surface area contributed by atoms with Gasteiger partial charge in [0.2, 0.25) is 0 Å². The fourth-order valence-electron chi connectivity index (χ4n) is 3.73. The zero-order valence-corrected chi connectivity index (χ0v) is 17.4. The van der Waals surface area contributed by atoms with E-state index in [2.05, 4.69) is 38.9 Å². The first-order valence-corrected chi connectivity index (χ1v) is 10.9. The van der Waals surface area contributed by atoms with E-state index in [0.717, 1.165) is 41.1 Å². The van der Waals surface area contributed by atoms with E-state index in [-0.39, 0.29) is 5.91 Å². The molecule has 3 aromatic heterocycles. The molecule has 0 saturated carbocycles. The minimum Gasteiger partial charge on any atom is -0.367 e. The molecule has 142 valence electrons. The summed E-state index contributed by atoms with van der Waals surface area (Å²) in [7, 11) is 1.91. The molecule has 1 N–H and O–H groups in total. The zero-order valence-electron chi connectivity index (χ0n) is 15.7. The highest BCUT2D eigenvalue weighted by Crippen LogP contribution is 2.30. The Morgan fingerprint density at radius 1 is 1.21 bits per heavy atom. The van der Waals surface area contributed by atoms with Gasteiger partial charge < -0.3 is 10.2 Å². The molecule has 0 radical (unpaired) electrons. The molecular formula is C21H20N4OS2. The van der Waals surface area contributed by atoms with Crippen LogP contribution in [0.15, 0.2) is 41.8 Å². The Labute approximate surface area is 171 Å². The van der Waals surface area contributed by atoms with Crippen molar-refractivity contribution in [2.75, 3.05) is 16.8 Å². The number of aromatic nitrogens is 2. The number of nitrogens with zero attached hydrogens (tertiary/aromatic N) is 3. The quantitative estimate of drug-likeness (QED) is 0.529. The van der Waals surface area contributed by atoms with Crippen molar-refractivity contribution in [3.63, 3.8) is 0 Å². The lowest BCUT2D eigenvalue weighted by Crippen LogP contribution is -2.29. The number of rotatable bonds is 3. The van der Waals surface area contributed by atoms with E-state index in [0.29, 0.717) is 4.88 Å². The molecule has 5 nitrogen and oxygen atoms in total.